The molecule has 82 valence electrons. The molecule has 0 amide bonds. The Kier molecular flexibility index (Phi) is 3.27. The number of hydrogen-bond donors (Lipinski definition) is 1. The fourth-order valence-corrected chi connectivity index (χ4v) is 2.05. The SMILES string of the molecule is CCNCCC1Cc2cc(C)ccc2O1. The van der Waals surface area contributed by atoms with E-state index in [1.165, 1.54) is 11.1 Å². The van der Waals surface area contributed by atoms with Crippen molar-refractivity contribution in [3.05, 3.63) is 29.3 Å². The van der Waals surface area contributed by atoms with E-state index in [-0.39, 0.29) is 0 Å². The van der Waals surface area contributed by atoms with Crippen LogP contribution in [0.1, 0.15) is 24.5 Å². The first-order chi connectivity index (χ1) is 7.29. The molecule has 2 nitrogen and oxygen atoms in total. The maximum atomic E-state index is 5.87. The molecule has 1 N–H and O–H groups in total. The van der Waals surface area contributed by atoms with Gasteiger partial charge < -0.3 is 10.1 Å². The van der Waals surface area contributed by atoms with Gasteiger partial charge in [0.2, 0.25) is 0 Å². The third kappa shape index (κ3) is 2.51. The molecule has 2 rings (SSSR count). The first kappa shape index (κ1) is 10.5. The van der Waals surface area contributed by atoms with Gasteiger partial charge in [0.25, 0.3) is 0 Å². The van der Waals surface area contributed by atoms with E-state index in [1.54, 1.807) is 0 Å². The van der Waals surface area contributed by atoms with Crippen LogP contribution in [0.3, 0.4) is 0 Å². The summed E-state index contributed by atoms with van der Waals surface area (Å²) in [6, 6.07) is 6.45. The van der Waals surface area contributed by atoms with Gasteiger partial charge in [-0.15, -0.1) is 0 Å². The predicted molar refractivity (Wildman–Crippen MR) is 62.5 cm³/mol. The fourth-order valence-electron chi connectivity index (χ4n) is 2.05. The van der Waals surface area contributed by atoms with Crippen molar-refractivity contribution in [3.63, 3.8) is 0 Å². The fraction of sp³-hybridized carbons (Fsp3) is 0.538. The highest BCUT2D eigenvalue weighted by Gasteiger charge is 2.21. The molecule has 0 aromatic heterocycles. The molecule has 0 saturated carbocycles. The Hall–Kier alpha value is -1.02. The first-order valence-electron chi connectivity index (χ1n) is 5.76. The van der Waals surface area contributed by atoms with Gasteiger partial charge in [0.15, 0.2) is 0 Å². The van der Waals surface area contributed by atoms with E-state index in [9.17, 15) is 0 Å². The van der Waals surface area contributed by atoms with Gasteiger partial charge in [-0.05, 0) is 38.1 Å². The third-order valence-electron chi connectivity index (χ3n) is 2.85. The number of rotatable bonds is 4. The molecule has 2 heteroatoms. The van der Waals surface area contributed by atoms with Gasteiger partial charge in [0.05, 0.1) is 0 Å². The van der Waals surface area contributed by atoms with E-state index in [0.717, 1.165) is 31.7 Å². The van der Waals surface area contributed by atoms with Crippen molar-refractivity contribution in [1.82, 2.24) is 5.32 Å². The van der Waals surface area contributed by atoms with Crippen molar-refractivity contribution in [1.29, 1.82) is 0 Å². The second kappa shape index (κ2) is 4.67. The van der Waals surface area contributed by atoms with Gasteiger partial charge in [-0.2, -0.15) is 0 Å². The maximum absolute atomic E-state index is 5.87. The highest BCUT2D eigenvalue weighted by molar-refractivity contribution is 5.40. The quantitative estimate of drug-likeness (QED) is 0.762. The van der Waals surface area contributed by atoms with Crippen LogP contribution in [0.4, 0.5) is 0 Å². The predicted octanol–water partition coefficient (Wildman–Crippen LogP) is 2.30. The summed E-state index contributed by atoms with van der Waals surface area (Å²) in [7, 11) is 0. The number of benzene rings is 1. The largest absolute Gasteiger partial charge is 0.490 e. The van der Waals surface area contributed by atoms with Crippen molar-refractivity contribution in [2.24, 2.45) is 0 Å². The molecule has 0 fully saturated rings. The molecular weight excluding hydrogens is 186 g/mol. The molecule has 1 unspecified atom stereocenters. The summed E-state index contributed by atoms with van der Waals surface area (Å²) < 4.78 is 5.87. The first-order valence-corrected chi connectivity index (χ1v) is 5.76. The monoisotopic (exact) mass is 205 g/mol. The molecule has 1 heterocycles. The smallest absolute Gasteiger partial charge is 0.123 e. The van der Waals surface area contributed by atoms with E-state index in [1.807, 2.05) is 0 Å². The van der Waals surface area contributed by atoms with Crippen molar-refractivity contribution in [3.8, 4) is 5.75 Å². The van der Waals surface area contributed by atoms with E-state index in [4.69, 9.17) is 4.74 Å². The molecule has 15 heavy (non-hydrogen) atoms. The molecule has 0 radical (unpaired) electrons. The second-order valence-corrected chi connectivity index (χ2v) is 4.20. The Morgan fingerprint density at radius 3 is 3.13 bits per heavy atom. The van der Waals surface area contributed by atoms with Crippen LogP contribution in [-0.4, -0.2) is 19.2 Å². The molecule has 1 aliphatic rings. The lowest BCUT2D eigenvalue weighted by Crippen LogP contribution is -2.22. The van der Waals surface area contributed by atoms with Crippen molar-refractivity contribution in [2.45, 2.75) is 32.8 Å². The van der Waals surface area contributed by atoms with Gasteiger partial charge in [-0.1, -0.05) is 24.6 Å². The summed E-state index contributed by atoms with van der Waals surface area (Å²) in [4.78, 5) is 0. The van der Waals surface area contributed by atoms with E-state index in [2.05, 4.69) is 37.4 Å². The lowest BCUT2D eigenvalue weighted by molar-refractivity contribution is 0.220. The molecule has 1 aliphatic heterocycles. The van der Waals surface area contributed by atoms with Crippen LogP contribution in [0.2, 0.25) is 0 Å². The molecule has 1 aromatic carbocycles. The Balaban J connectivity index is 1.91. The minimum atomic E-state index is 0.376. The Morgan fingerprint density at radius 2 is 2.33 bits per heavy atom. The van der Waals surface area contributed by atoms with Crippen molar-refractivity contribution in [2.75, 3.05) is 13.1 Å². The van der Waals surface area contributed by atoms with Crippen LogP contribution in [0, 0.1) is 6.92 Å². The molecule has 0 spiro atoms. The summed E-state index contributed by atoms with van der Waals surface area (Å²) in [5.41, 5.74) is 2.70. The van der Waals surface area contributed by atoms with Gasteiger partial charge >= 0.3 is 0 Å². The number of hydrogen-bond acceptors (Lipinski definition) is 2. The molecule has 0 aliphatic carbocycles. The van der Waals surface area contributed by atoms with Crippen LogP contribution < -0.4 is 10.1 Å². The van der Waals surface area contributed by atoms with Gasteiger partial charge in [0, 0.05) is 6.42 Å². The van der Waals surface area contributed by atoms with E-state index in [0.29, 0.717) is 6.10 Å². The number of ether oxygens (including phenoxy) is 1. The minimum absolute atomic E-state index is 0.376. The normalized spacial score (nSPS) is 18.7. The molecule has 0 saturated heterocycles. The summed E-state index contributed by atoms with van der Waals surface area (Å²) in [5.74, 6) is 1.09. The summed E-state index contributed by atoms with van der Waals surface area (Å²) >= 11 is 0. The highest BCUT2D eigenvalue weighted by atomic mass is 16.5. The molecule has 0 bridgehead atoms. The van der Waals surface area contributed by atoms with Gasteiger partial charge in [0.1, 0.15) is 11.9 Å². The lowest BCUT2D eigenvalue weighted by atomic mass is 10.1. The van der Waals surface area contributed by atoms with Gasteiger partial charge in [-0.25, -0.2) is 0 Å². The average molecular weight is 205 g/mol. The van der Waals surface area contributed by atoms with E-state index < -0.39 is 0 Å². The minimum Gasteiger partial charge on any atom is -0.490 e. The van der Waals surface area contributed by atoms with Crippen LogP contribution >= 0.6 is 0 Å². The van der Waals surface area contributed by atoms with Crippen molar-refractivity contribution >= 4 is 0 Å². The van der Waals surface area contributed by atoms with Gasteiger partial charge in [-0.3, -0.25) is 0 Å². The Bertz CT molecular complexity index is 335. The summed E-state index contributed by atoms with van der Waals surface area (Å²) in [6.07, 6.45) is 2.55. The van der Waals surface area contributed by atoms with Crippen LogP contribution in [-0.2, 0) is 6.42 Å². The van der Waals surface area contributed by atoms with Crippen LogP contribution in [0.15, 0.2) is 18.2 Å². The maximum Gasteiger partial charge on any atom is 0.123 e. The molecule has 1 aromatic rings. The number of nitrogens with one attached hydrogen (secondary N) is 1. The molecule has 1 atom stereocenters. The standard InChI is InChI=1S/C13H19NO/c1-3-14-7-6-12-9-11-8-10(2)4-5-13(11)15-12/h4-5,8,12,14H,3,6-7,9H2,1-2H3. The van der Waals surface area contributed by atoms with Crippen LogP contribution in [0.25, 0.3) is 0 Å². The lowest BCUT2D eigenvalue weighted by Gasteiger charge is -2.10. The molecular formula is C13H19NO. The second-order valence-electron chi connectivity index (χ2n) is 4.20. The zero-order chi connectivity index (χ0) is 10.7. The van der Waals surface area contributed by atoms with Crippen LogP contribution in [0.5, 0.6) is 5.75 Å². The Labute approximate surface area is 91.6 Å². The zero-order valence-corrected chi connectivity index (χ0v) is 9.55. The topological polar surface area (TPSA) is 21.3 Å². The highest BCUT2D eigenvalue weighted by Crippen LogP contribution is 2.30. The number of aryl methyl sites for hydroxylation is 1. The van der Waals surface area contributed by atoms with E-state index >= 15 is 0 Å². The summed E-state index contributed by atoms with van der Waals surface area (Å²) in [6.45, 7) is 6.35. The van der Waals surface area contributed by atoms with Crippen molar-refractivity contribution < 1.29 is 4.74 Å². The third-order valence-corrected chi connectivity index (χ3v) is 2.85. The summed E-state index contributed by atoms with van der Waals surface area (Å²) in [5, 5.41) is 3.33. The average Bonchev–Trinajstić information content (AvgIpc) is 2.60. The Morgan fingerprint density at radius 1 is 1.47 bits per heavy atom. The zero-order valence-electron chi connectivity index (χ0n) is 9.55. The number of fused-ring (bicyclic) bond motifs is 1.